The molecule has 0 fully saturated rings. The van der Waals surface area contributed by atoms with Gasteiger partial charge in [0.05, 0.1) is 12.1 Å². The molecule has 146 valence electrons. The summed E-state index contributed by atoms with van der Waals surface area (Å²) in [4.78, 5) is 15.7. The minimum Gasteiger partial charge on any atom is -0.495 e. The summed E-state index contributed by atoms with van der Waals surface area (Å²) in [6, 6.07) is 8.24. The van der Waals surface area contributed by atoms with Crippen molar-refractivity contribution in [1.29, 1.82) is 0 Å². The number of hydrogen-bond donors (Lipinski definition) is 1. The van der Waals surface area contributed by atoms with Gasteiger partial charge in [-0.25, -0.2) is 4.98 Å². The van der Waals surface area contributed by atoms with Gasteiger partial charge in [-0.3, -0.25) is 4.79 Å². The molecule has 0 saturated heterocycles. The number of carbonyl (C=O) groups excluding carboxylic acids is 1. The Morgan fingerprint density at radius 2 is 2.00 bits per heavy atom. The van der Waals surface area contributed by atoms with E-state index in [0.29, 0.717) is 22.8 Å². The zero-order chi connectivity index (χ0) is 19.9. The number of aromatic nitrogens is 1. The van der Waals surface area contributed by atoms with Crippen molar-refractivity contribution in [1.82, 2.24) is 10.3 Å². The molecule has 1 aromatic heterocycles. The Morgan fingerprint density at radius 1 is 1.22 bits per heavy atom. The SMILES string of the molecule is COc1ccc(CCC(=O)NCc2ccnc(OCC(F)(F)F)c2)cc1Cl. The Balaban J connectivity index is 1.80. The summed E-state index contributed by atoms with van der Waals surface area (Å²) in [7, 11) is 1.52. The molecule has 2 aromatic rings. The van der Waals surface area contributed by atoms with Gasteiger partial charge in [-0.15, -0.1) is 0 Å². The van der Waals surface area contributed by atoms with E-state index in [2.05, 4.69) is 15.0 Å². The molecule has 0 bridgehead atoms. The minimum absolute atomic E-state index is 0.146. The molecule has 0 atom stereocenters. The number of rotatable bonds is 8. The summed E-state index contributed by atoms with van der Waals surface area (Å²) < 4.78 is 46.1. The maximum absolute atomic E-state index is 12.2. The van der Waals surface area contributed by atoms with Crippen LogP contribution in [0.5, 0.6) is 11.6 Å². The van der Waals surface area contributed by atoms with E-state index >= 15 is 0 Å². The lowest BCUT2D eigenvalue weighted by Crippen LogP contribution is -2.23. The Morgan fingerprint density at radius 3 is 2.67 bits per heavy atom. The highest BCUT2D eigenvalue weighted by molar-refractivity contribution is 6.32. The van der Waals surface area contributed by atoms with E-state index in [4.69, 9.17) is 16.3 Å². The van der Waals surface area contributed by atoms with Gasteiger partial charge < -0.3 is 14.8 Å². The topological polar surface area (TPSA) is 60.5 Å². The first-order valence-corrected chi connectivity index (χ1v) is 8.38. The monoisotopic (exact) mass is 402 g/mol. The molecule has 27 heavy (non-hydrogen) atoms. The van der Waals surface area contributed by atoms with Crippen molar-refractivity contribution in [3.8, 4) is 11.6 Å². The van der Waals surface area contributed by atoms with Gasteiger partial charge in [0, 0.05) is 25.2 Å². The second-order valence-corrected chi connectivity index (χ2v) is 6.06. The van der Waals surface area contributed by atoms with Crippen LogP contribution in [0.15, 0.2) is 36.5 Å². The van der Waals surface area contributed by atoms with E-state index < -0.39 is 12.8 Å². The van der Waals surface area contributed by atoms with Crippen LogP contribution in [0, 0.1) is 0 Å². The predicted octanol–water partition coefficient (Wildman–Crippen LogP) is 3.93. The zero-order valence-electron chi connectivity index (χ0n) is 14.5. The maximum atomic E-state index is 12.2. The molecule has 2 rings (SSSR count). The van der Waals surface area contributed by atoms with Gasteiger partial charge in [0.25, 0.3) is 0 Å². The number of aryl methyl sites for hydroxylation is 1. The number of methoxy groups -OCH3 is 1. The summed E-state index contributed by atoms with van der Waals surface area (Å²) in [6.45, 7) is -1.26. The number of nitrogens with one attached hydrogen (secondary N) is 1. The van der Waals surface area contributed by atoms with Gasteiger partial charge in [0.2, 0.25) is 11.8 Å². The summed E-state index contributed by atoms with van der Waals surface area (Å²) in [5, 5.41) is 3.17. The van der Waals surface area contributed by atoms with Crippen molar-refractivity contribution in [2.24, 2.45) is 0 Å². The Hall–Kier alpha value is -2.48. The normalized spacial score (nSPS) is 11.1. The van der Waals surface area contributed by atoms with Crippen LogP contribution >= 0.6 is 11.6 Å². The molecule has 0 radical (unpaired) electrons. The standard InChI is InChI=1S/C18H18ClF3N2O3/c1-26-15-4-2-12(8-14(15)19)3-5-16(25)24-10-13-6-7-23-17(9-13)27-11-18(20,21)22/h2,4,6-9H,3,5,10-11H2,1H3,(H,24,25). The molecule has 1 heterocycles. The maximum Gasteiger partial charge on any atom is 0.422 e. The van der Waals surface area contributed by atoms with Gasteiger partial charge in [0.1, 0.15) is 5.75 Å². The fraction of sp³-hybridized carbons (Fsp3) is 0.333. The first-order valence-electron chi connectivity index (χ1n) is 8.00. The second-order valence-electron chi connectivity index (χ2n) is 5.65. The van der Waals surface area contributed by atoms with Crippen molar-refractivity contribution >= 4 is 17.5 Å². The van der Waals surface area contributed by atoms with Gasteiger partial charge in [-0.1, -0.05) is 17.7 Å². The van der Waals surface area contributed by atoms with Crippen molar-refractivity contribution in [3.05, 3.63) is 52.7 Å². The van der Waals surface area contributed by atoms with E-state index in [-0.39, 0.29) is 24.8 Å². The van der Waals surface area contributed by atoms with E-state index in [9.17, 15) is 18.0 Å². The lowest BCUT2D eigenvalue weighted by atomic mass is 10.1. The van der Waals surface area contributed by atoms with Gasteiger partial charge in [-0.05, 0) is 35.7 Å². The molecule has 0 spiro atoms. The van der Waals surface area contributed by atoms with Crippen molar-refractivity contribution < 1.29 is 27.4 Å². The highest BCUT2D eigenvalue weighted by atomic mass is 35.5. The molecule has 0 unspecified atom stereocenters. The molecule has 9 heteroatoms. The molecule has 0 aliphatic heterocycles. The highest BCUT2D eigenvalue weighted by Gasteiger charge is 2.28. The summed E-state index contributed by atoms with van der Waals surface area (Å²) in [6.07, 6.45) is -2.38. The fourth-order valence-corrected chi connectivity index (χ4v) is 2.49. The Bertz CT molecular complexity index is 785. The third-order valence-corrected chi connectivity index (χ3v) is 3.82. The average molecular weight is 403 g/mol. The molecule has 0 aliphatic rings. The van der Waals surface area contributed by atoms with Crippen LogP contribution < -0.4 is 14.8 Å². The van der Waals surface area contributed by atoms with Crippen molar-refractivity contribution in [3.63, 3.8) is 0 Å². The summed E-state index contributed by atoms with van der Waals surface area (Å²) >= 11 is 6.04. The number of alkyl halides is 3. The van der Waals surface area contributed by atoms with E-state index in [1.807, 2.05) is 6.07 Å². The molecule has 1 amide bonds. The van der Waals surface area contributed by atoms with Gasteiger partial charge in [0.15, 0.2) is 6.61 Å². The van der Waals surface area contributed by atoms with Crippen LogP contribution in [0.4, 0.5) is 13.2 Å². The third kappa shape index (κ3) is 7.34. The molecular weight excluding hydrogens is 385 g/mol. The van der Waals surface area contributed by atoms with Crippen LogP contribution in [-0.2, 0) is 17.8 Å². The number of benzene rings is 1. The number of ether oxygens (including phenoxy) is 2. The van der Waals surface area contributed by atoms with Gasteiger partial charge in [-0.2, -0.15) is 13.2 Å². The molecule has 0 saturated carbocycles. The van der Waals surface area contributed by atoms with Crippen LogP contribution in [0.1, 0.15) is 17.5 Å². The quantitative estimate of drug-likeness (QED) is 0.726. The number of carbonyl (C=O) groups is 1. The van der Waals surface area contributed by atoms with Crippen LogP contribution in [0.3, 0.4) is 0 Å². The first-order chi connectivity index (χ1) is 12.8. The number of nitrogens with zero attached hydrogens (tertiary/aromatic N) is 1. The molecule has 1 aromatic carbocycles. The van der Waals surface area contributed by atoms with Crippen LogP contribution in [0.2, 0.25) is 5.02 Å². The van der Waals surface area contributed by atoms with Crippen LogP contribution in [-0.4, -0.2) is 30.8 Å². The highest BCUT2D eigenvalue weighted by Crippen LogP contribution is 2.25. The fourth-order valence-electron chi connectivity index (χ4n) is 2.21. The van der Waals surface area contributed by atoms with Crippen LogP contribution in [0.25, 0.3) is 0 Å². The number of amides is 1. The minimum atomic E-state index is -4.43. The number of halogens is 4. The summed E-state index contributed by atoms with van der Waals surface area (Å²) in [5.74, 6) is 0.217. The second kappa shape index (κ2) is 9.45. The smallest absolute Gasteiger partial charge is 0.422 e. The number of pyridine rings is 1. The van der Waals surface area contributed by atoms with Crippen molar-refractivity contribution in [2.75, 3.05) is 13.7 Å². The Labute approximate surface area is 159 Å². The largest absolute Gasteiger partial charge is 0.495 e. The average Bonchev–Trinajstić information content (AvgIpc) is 2.63. The predicted molar refractivity (Wildman–Crippen MR) is 94.0 cm³/mol. The zero-order valence-corrected chi connectivity index (χ0v) is 15.2. The molecule has 5 nitrogen and oxygen atoms in total. The van der Waals surface area contributed by atoms with E-state index in [1.165, 1.54) is 19.4 Å². The summed E-state index contributed by atoms with van der Waals surface area (Å²) in [5.41, 5.74) is 1.48. The first kappa shape index (κ1) is 20.8. The molecule has 1 N–H and O–H groups in total. The van der Waals surface area contributed by atoms with E-state index in [1.54, 1.807) is 18.2 Å². The lowest BCUT2D eigenvalue weighted by molar-refractivity contribution is -0.154. The van der Waals surface area contributed by atoms with E-state index in [0.717, 1.165) is 5.56 Å². The number of hydrogen-bond acceptors (Lipinski definition) is 4. The molecule has 0 aliphatic carbocycles. The Kier molecular flexibility index (Phi) is 7.29. The van der Waals surface area contributed by atoms with Gasteiger partial charge >= 0.3 is 6.18 Å². The van der Waals surface area contributed by atoms with Crippen molar-refractivity contribution in [2.45, 2.75) is 25.6 Å². The molecular formula is C18H18ClF3N2O3. The third-order valence-electron chi connectivity index (χ3n) is 3.53. The lowest BCUT2D eigenvalue weighted by Gasteiger charge is -2.10.